The van der Waals surface area contributed by atoms with E-state index in [1.165, 1.54) is 22.6 Å². The standard InChI is InChI=1S/C8H7BrOS2/c9-8-7-5(2-1-3-11-7)6(4-10)12-8/h4H,1-3H2. The number of thiophene rings is 1. The summed E-state index contributed by atoms with van der Waals surface area (Å²) >= 11 is 6.90. The van der Waals surface area contributed by atoms with E-state index in [2.05, 4.69) is 15.9 Å². The van der Waals surface area contributed by atoms with Crippen molar-refractivity contribution >= 4 is 45.3 Å². The fourth-order valence-electron chi connectivity index (χ4n) is 1.33. The maximum atomic E-state index is 10.7. The van der Waals surface area contributed by atoms with Crippen LogP contribution in [0.2, 0.25) is 0 Å². The molecule has 1 aromatic heterocycles. The Balaban J connectivity index is 2.53. The minimum atomic E-state index is 0.907. The second kappa shape index (κ2) is 3.52. The first-order valence-electron chi connectivity index (χ1n) is 3.72. The lowest BCUT2D eigenvalue weighted by Crippen LogP contribution is -1.97. The van der Waals surface area contributed by atoms with Crippen molar-refractivity contribution < 1.29 is 4.79 Å². The Morgan fingerprint density at radius 1 is 1.50 bits per heavy atom. The third kappa shape index (κ3) is 1.36. The van der Waals surface area contributed by atoms with E-state index in [1.54, 1.807) is 11.3 Å². The highest BCUT2D eigenvalue weighted by Gasteiger charge is 2.19. The van der Waals surface area contributed by atoms with Gasteiger partial charge in [-0.15, -0.1) is 23.1 Å². The molecule has 0 amide bonds. The molecule has 0 fully saturated rings. The van der Waals surface area contributed by atoms with Crippen molar-refractivity contribution in [2.45, 2.75) is 17.7 Å². The number of thioether (sulfide) groups is 1. The maximum absolute atomic E-state index is 10.7. The summed E-state index contributed by atoms with van der Waals surface area (Å²) < 4.78 is 1.13. The van der Waals surface area contributed by atoms with Crippen molar-refractivity contribution in [3.63, 3.8) is 0 Å². The molecule has 1 aliphatic rings. The van der Waals surface area contributed by atoms with Crippen LogP contribution in [0.15, 0.2) is 8.68 Å². The van der Waals surface area contributed by atoms with Gasteiger partial charge in [0.1, 0.15) is 0 Å². The van der Waals surface area contributed by atoms with Crippen LogP contribution in [0.5, 0.6) is 0 Å². The molecule has 0 spiro atoms. The molecule has 12 heavy (non-hydrogen) atoms. The summed E-state index contributed by atoms with van der Waals surface area (Å²) in [4.78, 5) is 12.9. The van der Waals surface area contributed by atoms with E-state index >= 15 is 0 Å². The van der Waals surface area contributed by atoms with E-state index in [0.29, 0.717) is 0 Å². The first-order valence-corrected chi connectivity index (χ1v) is 6.31. The van der Waals surface area contributed by atoms with Crippen molar-refractivity contribution in [3.8, 4) is 0 Å². The van der Waals surface area contributed by atoms with Gasteiger partial charge in [-0.25, -0.2) is 0 Å². The zero-order valence-corrected chi connectivity index (χ0v) is 9.52. The van der Waals surface area contributed by atoms with Gasteiger partial charge < -0.3 is 0 Å². The quantitative estimate of drug-likeness (QED) is 0.723. The minimum absolute atomic E-state index is 0.907. The minimum Gasteiger partial charge on any atom is -0.297 e. The van der Waals surface area contributed by atoms with Crippen LogP contribution in [-0.2, 0) is 6.42 Å². The normalized spacial score (nSPS) is 15.8. The smallest absolute Gasteiger partial charge is 0.160 e. The number of hydrogen-bond acceptors (Lipinski definition) is 3. The lowest BCUT2D eigenvalue weighted by molar-refractivity contribution is 0.112. The van der Waals surface area contributed by atoms with Crippen LogP contribution in [0.4, 0.5) is 0 Å². The Labute approximate surface area is 87.7 Å². The van der Waals surface area contributed by atoms with Crippen LogP contribution in [0, 0.1) is 0 Å². The van der Waals surface area contributed by atoms with Crippen LogP contribution >= 0.6 is 39.0 Å². The van der Waals surface area contributed by atoms with Crippen LogP contribution in [0.25, 0.3) is 0 Å². The number of hydrogen-bond donors (Lipinski definition) is 0. The Morgan fingerprint density at radius 3 is 3.08 bits per heavy atom. The Morgan fingerprint density at radius 2 is 2.33 bits per heavy atom. The van der Waals surface area contributed by atoms with E-state index < -0.39 is 0 Å². The highest BCUT2D eigenvalue weighted by atomic mass is 79.9. The van der Waals surface area contributed by atoms with Crippen LogP contribution in [0.1, 0.15) is 21.7 Å². The third-order valence-corrected chi connectivity index (χ3v) is 5.33. The van der Waals surface area contributed by atoms with E-state index in [1.807, 2.05) is 11.8 Å². The van der Waals surface area contributed by atoms with E-state index in [0.717, 1.165) is 21.4 Å². The number of carbonyl (C=O) groups is 1. The average molecular weight is 263 g/mol. The molecule has 0 radical (unpaired) electrons. The van der Waals surface area contributed by atoms with Crippen LogP contribution in [0.3, 0.4) is 0 Å². The second-order valence-electron chi connectivity index (χ2n) is 2.62. The van der Waals surface area contributed by atoms with Crippen LogP contribution < -0.4 is 0 Å². The summed E-state index contributed by atoms with van der Waals surface area (Å²) in [5, 5.41) is 0. The van der Waals surface area contributed by atoms with Gasteiger partial charge in [-0.1, -0.05) is 0 Å². The summed E-state index contributed by atoms with van der Waals surface area (Å²) in [6.07, 6.45) is 3.24. The molecule has 64 valence electrons. The van der Waals surface area contributed by atoms with Gasteiger partial charge in [-0.3, -0.25) is 4.79 Å². The molecule has 2 heterocycles. The van der Waals surface area contributed by atoms with Crippen LogP contribution in [-0.4, -0.2) is 12.0 Å². The average Bonchev–Trinajstić information content (AvgIpc) is 2.44. The lowest BCUT2D eigenvalue weighted by Gasteiger charge is -2.10. The molecule has 0 aromatic carbocycles. The molecule has 0 saturated heterocycles. The predicted octanol–water partition coefficient (Wildman–Crippen LogP) is 3.36. The fourth-order valence-corrected chi connectivity index (χ4v) is 4.58. The van der Waals surface area contributed by atoms with Gasteiger partial charge in [0.2, 0.25) is 0 Å². The molecule has 0 saturated carbocycles. The molecule has 0 aliphatic carbocycles. The topological polar surface area (TPSA) is 17.1 Å². The molecule has 1 aromatic rings. The first kappa shape index (κ1) is 8.78. The van der Waals surface area contributed by atoms with Gasteiger partial charge in [-0.05, 0) is 40.1 Å². The van der Waals surface area contributed by atoms with Crippen molar-refractivity contribution in [2.24, 2.45) is 0 Å². The fraction of sp³-hybridized carbons (Fsp3) is 0.375. The van der Waals surface area contributed by atoms with Gasteiger partial charge in [0, 0.05) is 4.90 Å². The summed E-state index contributed by atoms with van der Waals surface area (Å²) in [5.41, 5.74) is 1.26. The number of halogens is 1. The van der Waals surface area contributed by atoms with Gasteiger partial charge >= 0.3 is 0 Å². The Kier molecular flexibility index (Phi) is 2.57. The molecule has 0 bridgehead atoms. The van der Waals surface area contributed by atoms with Crippen molar-refractivity contribution in [1.29, 1.82) is 0 Å². The summed E-state index contributed by atoms with van der Waals surface area (Å²) in [7, 11) is 0. The SMILES string of the molecule is O=Cc1sc(Br)c2c1CCCS2. The van der Waals surface area contributed by atoms with Gasteiger partial charge in [0.15, 0.2) is 6.29 Å². The number of rotatable bonds is 1. The molecule has 1 aliphatic heterocycles. The third-order valence-electron chi connectivity index (χ3n) is 1.87. The second-order valence-corrected chi connectivity index (χ2v) is 6.09. The Hall–Kier alpha value is 0.200. The molecular weight excluding hydrogens is 256 g/mol. The lowest BCUT2D eigenvalue weighted by atomic mass is 10.1. The highest BCUT2D eigenvalue weighted by Crippen LogP contribution is 2.42. The molecular formula is C8H7BrOS2. The zero-order valence-electron chi connectivity index (χ0n) is 6.30. The number of aldehydes is 1. The van der Waals surface area contributed by atoms with Gasteiger partial charge in [0.05, 0.1) is 8.66 Å². The van der Waals surface area contributed by atoms with Crippen molar-refractivity contribution in [2.75, 3.05) is 5.75 Å². The van der Waals surface area contributed by atoms with E-state index in [9.17, 15) is 4.79 Å². The van der Waals surface area contributed by atoms with Gasteiger partial charge in [-0.2, -0.15) is 0 Å². The number of fused-ring (bicyclic) bond motifs is 1. The first-order chi connectivity index (χ1) is 5.83. The largest absolute Gasteiger partial charge is 0.297 e. The summed E-state index contributed by atoms with van der Waals surface area (Å²) in [5.74, 6) is 1.18. The van der Waals surface area contributed by atoms with E-state index in [4.69, 9.17) is 0 Å². The maximum Gasteiger partial charge on any atom is 0.160 e. The molecule has 0 unspecified atom stereocenters. The molecule has 1 nitrogen and oxygen atoms in total. The van der Waals surface area contributed by atoms with Crippen molar-refractivity contribution in [3.05, 3.63) is 14.2 Å². The molecule has 0 atom stereocenters. The Bertz CT molecular complexity index is 319. The molecule has 0 N–H and O–H groups in total. The highest BCUT2D eigenvalue weighted by molar-refractivity contribution is 9.11. The van der Waals surface area contributed by atoms with E-state index in [-0.39, 0.29) is 0 Å². The molecule has 4 heteroatoms. The predicted molar refractivity (Wildman–Crippen MR) is 56.5 cm³/mol. The molecule has 2 rings (SSSR count). The summed E-state index contributed by atoms with van der Waals surface area (Å²) in [6.45, 7) is 0. The zero-order chi connectivity index (χ0) is 8.55. The van der Waals surface area contributed by atoms with Gasteiger partial charge in [0.25, 0.3) is 0 Å². The summed E-state index contributed by atoms with van der Waals surface area (Å²) in [6, 6.07) is 0. The number of carbonyl (C=O) groups excluding carboxylic acids is 1. The van der Waals surface area contributed by atoms with Crippen molar-refractivity contribution in [1.82, 2.24) is 0 Å². The monoisotopic (exact) mass is 262 g/mol.